The van der Waals surface area contributed by atoms with Gasteiger partial charge in [-0.25, -0.2) is 0 Å². The molecule has 2 aliphatic rings. The van der Waals surface area contributed by atoms with Crippen LogP contribution in [0.4, 0.5) is 11.5 Å². The van der Waals surface area contributed by atoms with Crippen molar-refractivity contribution in [1.82, 2.24) is 25.6 Å². The smallest absolute Gasteiger partial charge is 0.162 e. The highest BCUT2D eigenvalue weighted by Crippen LogP contribution is 2.33. The zero-order chi connectivity index (χ0) is 20.3. The quantitative estimate of drug-likeness (QED) is 0.691. The number of benzene rings is 1. The maximum atomic E-state index is 10.8. The fraction of sp³-hybridized carbons (Fsp3) is 0.476. The summed E-state index contributed by atoms with van der Waals surface area (Å²) in [5.74, 6) is 0.887. The van der Waals surface area contributed by atoms with Gasteiger partial charge < -0.3 is 19.6 Å². The van der Waals surface area contributed by atoms with Crippen molar-refractivity contribution in [3.63, 3.8) is 0 Å². The fourth-order valence-corrected chi connectivity index (χ4v) is 4.38. The lowest BCUT2D eigenvalue weighted by atomic mass is 9.90. The second-order valence-electron chi connectivity index (χ2n) is 7.86. The number of aromatic nitrogens is 5. The molecule has 1 aromatic carbocycles. The Morgan fingerprint density at radius 3 is 2.77 bits per heavy atom. The van der Waals surface area contributed by atoms with E-state index in [-0.39, 0.29) is 5.92 Å². The number of nitrogens with zero attached hydrogens (tertiary/aromatic N) is 7. The Kier molecular flexibility index (Phi) is 5.37. The van der Waals surface area contributed by atoms with Gasteiger partial charge >= 0.3 is 0 Å². The van der Waals surface area contributed by atoms with E-state index in [1.165, 1.54) is 0 Å². The van der Waals surface area contributed by atoms with E-state index in [4.69, 9.17) is 4.74 Å². The maximum absolute atomic E-state index is 10.8. The molecule has 30 heavy (non-hydrogen) atoms. The van der Waals surface area contributed by atoms with Crippen LogP contribution in [-0.4, -0.2) is 70.1 Å². The summed E-state index contributed by atoms with van der Waals surface area (Å²) in [5, 5.41) is 32.5. The summed E-state index contributed by atoms with van der Waals surface area (Å²) in [6, 6.07) is 9.91. The summed E-state index contributed by atoms with van der Waals surface area (Å²) < 4.78 is 5.45. The zero-order valence-electron chi connectivity index (χ0n) is 16.8. The van der Waals surface area contributed by atoms with Crippen molar-refractivity contribution in [3.8, 4) is 0 Å². The molecule has 1 N–H and O–H groups in total. The minimum absolute atomic E-state index is 0.0630. The highest BCUT2D eigenvalue weighted by molar-refractivity contribution is 5.91. The van der Waals surface area contributed by atoms with Gasteiger partial charge in [-0.15, -0.1) is 10.2 Å². The van der Waals surface area contributed by atoms with Crippen LogP contribution in [0.3, 0.4) is 0 Å². The molecule has 2 saturated heterocycles. The van der Waals surface area contributed by atoms with Gasteiger partial charge in [0.2, 0.25) is 0 Å². The number of aliphatic hydroxyl groups excluding tert-OH is 1. The van der Waals surface area contributed by atoms with E-state index in [9.17, 15) is 5.11 Å². The molecule has 0 amide bonds. The highest BCUT2D eigenvalue weighted by atomic mass is 16.5. The van der Waals surface area contributed by atoms with Crippen molar-refractivity contribution in [1.29, 1.82) is 0 Å². The van der Waals surface area contributed by atoms with E-state index >= 15 is 0 Å². The molecular weight excluding hydrogens is 382 g/mol. The Morgan fingerprint density at radius 2 is 1.93 bits per heavy atom. The molecule has 2 fully saturated rings. The molecule has 0 bridgehead atoms. The molecule has 9 heteroatoms. The summed E-state index contributed by atoms with van der Waals surface area (Å²) in [4.78, 5) is 4.51. The molecule has 2 aliphatic heterocycles. The van der Waals surface area contributed by atoms with Crippen LogP contribution in [0.1, 0.15) is 24.6 Å². The third kappa shape index (κ3) is 3.78. The first-order chi connectivity index (χ1) is 14.8. The standard InChI is InChI=1S/C21H25N7O2/c29-20(18-4-1-7-22-23-18)15-3-2-8-28(14-15)21-17-6-5-16(13-19(17)24-26-25-21)27-9-11-30-12-10-27/h1,4-7,13,15,20,29H,2-3,8-12,14H2/t15-,20-/m0/s1. The highest BCUT2D eigenvalue weighted by Gasteiger charge is 2.29. The van der Waals surface area contributed by atoms with E-state index in [0.717, 1.165) is 68.1 Å². The molecule has 5 rings (SSSR count). The van der Waals surface area contributed by atoms with Gasteiger partial charge in [0.05, 0.1) is 18.9 Å². The molecule has 3 aromatic rings. The Hall–Kier alpha value is -2.91. The summed E-state index contributed by atoms with van der Waals surface area (Å²) in [7, 11) is 0. The largest absolute Gasteiger partial charge is 0.386 e. The second kappa shape index (κ2) is 8.45. The van der Waals surface area contributed by atoms with Crippen LogP contribution in [0.5, 0.6) is 0 Å². The lowest BCUT2D eigenvalue weighted by Gasteiger charge is -2.35. The lowest BCUT2D eigenvalue weighted by molar-refractivity contribution is 0.0932. The molecule has 4 heterocycles. The normalized spacial score (nSPS) is 21.0. The van der Waals surface area contributed by atoms with Crippen LogP contribution >= 0.6 is 0 Å². The first-order valence-electron chi connectivity index (χ1n) is 10.5. The molecule has 0 aliphatic carbocycles. The second-order valence-corrected chi connectivity index (χ2v) is 7.86. The molecule has 0 spiro atoms. The number of fused-ring (bicyclic) bond motifs is 1. The number of piperidine rings is 1. The van der Waals surface area contributed by atoms with Crippen LogP contribution < -0.4 is 9.80 Å². The van der Waals surface area contributed by atoms with Crippen LogP contribution in [0, 0.1) is 5.92 Å². The number of ether oxygens (including phenoxy) is 1. The Labute approximate surface area is 174 Å². The van der Waals surface area contributed by atoms with Gasteiger partial charge in [-0.3, -0.25) is 0 Å². The molecule has 0 unspecified atom stereocenters. The fourth-order valence-electron chi connectivity index (χ4n) is 4.38. The molecule has 156 valence electrons. The molecule has 0 radical (unpaired) electrons. The number of hydrogen-bond donors (Lipinski definition) is 1. The van der Waals surface area contributed by atoms with Gasteiger partial charge in [-0.05, 0) is 48.4 Å². The predicted octanol–water partition coefficient (Wildman–Crippen LogP) is 1.60. The van der Waals surface area contributed by atoms with Gasteiger partial charge in [-0.1, -0.05) is 0 Å². The van der Waals surface area contributed by atoms with E-state index in [2.05, 4.69) is 53.6 Å². The maximum Gasteiger partial charge on any atom is 0.162 e. The van der Waals surface area contributed by atoms with Crippen molar-refractivity contribution >= 4 is 22.4 Å². The third-order valence-electron chi connectivity index (χ3n) is 5.99. The molecular formula is C21H25N7O2. The Balaban J connectivity index is 1.39. The van der Waals surface area contributed by atoms with Crippen molar-refractivity contribution in [2.75, 3.05) is 49.2 Å². The monoisotopic (exact) mass is 407 g/mol. The number of aliphatic hydroxyl groups is 1. The van der Waals surface area contributed by atoms with Crippen LogP contribution in [0.25, 0.3) is 10.9 Å². The summed E-state index contributed by atoms with van der Waals surface area (Å²) in [6.07, 6.45) is 2.88. The van der Waals surface area contributed by atoms with Gasteiger partial charge in [0, 0.05) is 49.4 Å². The van der Waals surface area contributed by atoms with Gasteiger partial charge in [0.1, 0.15) is 11.6 Å². The van der Waals surface area contributed by atoms with E-state index in [1.54, 1.807) is 12.3 Å². The average Bonchev–Trinajstić information content (AvgIpc) is 2.84. The Morgan fingerprint density at radius 1 is 1.03 bits per heavy atom. The predicted molar refractivity (Wildman–Crippen MR) is 112 cm³/mol. The lowest BCUT2D eigenvalue weighted by Crippen LogP contribution is -2.39. The SMILES string of the molecule is O[C@H](c1cccnn1)[C@H]1CCCN(c2nnnc3cc(N4CCOCC4)ccc23)C1. The molecule has 2 aromatic heterocycles. The van der Waals surface area contributed by atoms with Crippen molar-refractivity contribution in [2.45, 2.75) is 18.9 Å². The van der Waals surface area contributed by atoms with Crippen LogP contribution in [-0.2, 0) is 4.74 Å². The first kappa shape index (κ1) is 19.1. The summed E-state index contributed by atoms with van der Waals surface area (Å²) in [6.45, 7) is 4.82. The van der Waals surface area contributed by atoms with E-state index in [0.29, 0.717) is 12.2 Å². The van der Waals surface area contributed by atoms with Crippen LogP contribution in [0.2, 0.25) is 0 Å². The first-order valence-corrected chi connectivity index (χ1v) is 10.5. The van der Waals surface area contributed by atoms with Gasteiger partial charge in [0.25, 0.3) is 0 Å². The third-order valence-corrected chi connectivity index (χ3v) is 5.99. The summed E-state index contributed by atoms with van der Waals surface area (Å²) in [5.41, 5.74) is 2.58. The van der Waals surface area contributed by atoms with Crippen molar-refractivity contribution in [2.24, 2.45) is 5.92 Å². The van der Waals surface area contributed by atoms with E-state index in [1.807, 2.05) is 6.07 Å². The van der Waals surface area contributed by atoms with E-state index < -0.39 is 6.10 Å². The average molecular weight is 407 g/mol. The topological polar surface area (TPSA) is 100 Å². The minimum atomic E-state index is -0.643. The van der Waals surface area contributed by atoms with Crippen molar-refractivity contribution in [3.05, 3.63) is 42.2 Å². The molecule has 0 saturated carbocycles. The van der Waals surface area contributed by atoms with Gasteiger partial charge in [0.15, 0.2) is 5.82 Å². The molecule has 9 nitrogen and oxygen atoms in total. The number of anilines is 2. The zero-order valence-corrected chi connectivity index (χ0v) is 16.8. The number of morpholine rings is 1. The minimum Gasteiger partial charge on any atom is -0.386 e. The molecule has 2 atom stereocenters. The number of hydrogen-bond acceptors (Lipinski definition) is 9. The van der Waals surface area contributed by atoms with Gasteiger partial charge in [-0.2, -0.15) is 10.2 Å². The summed E-state index contributed by atoms with van der Waals surface area (Å²) >= 11 is 0. The van der Waals surface area contributed by atoms with Crippen molar-refractivity contribution < 1.29 is 9.84 Å². The Bertz CT molecular complexity index is 997. The van der Waals surface area contributed by atoms with Crippen LogP contribution in [0.15, 0.2) is 36.5 Å². The number of rotatable bonds is 4.